The van der Waals surface area contributed by atoms with Crippen LogP contribution in [0.4, 0.5) is 5.82 Å². The number of nitrogens with zero attached hydrogens (tertiary/aromatic N) is 1. The molecular weight excluding hydrogens is 402 g/mol. The first-order chi connectivity index (χ1) is 12.1. The third kappa shape index (κ3) is 2.58. The Hall–Kier alpha value is -2.12. The zero-order valence-electron chi connectivity index (χ0n) is 13.7. The first-order valence-corrected chi connectivity index (χ1v) is 9.57. The van der Waals surface area contributed by atoms with Gasteiger partial charge in [-0.2, -0.15) is 5.10 Å². The van der Waals surface area contributed by atoms with E-state index in [4.69, 9.17) is 4.74 Å². The molecule has 0 radical (unpaired) electrons. The number of H-pyrrole nitrogens is 1. The fourth-order valence-electron chi connectivity index (χ4n) is 3.33. The van der Waals surface area contributed by atoms with Crippen LogP contribution in [0.2, 0.25) is 0 Å². The summed E-state index contributed by atoms with van der Waals surface area (Å²) in [6.45, 7) is 4.05. The van der Waals surface area contributed by atoms with Gasteiger partial charge >= 0.3 is 5.97 Å². The first kappa shape index (κ1) is 16.4. The van der Waals surface area contributed by atoms with Gasteiger partial charge in [0.05, 0.1) is 28.1 Å². The molecule has 5 nitrogen and oxygen atoms in total. The highest BCUT2D eigenvalue weighted by Gasteiger charge is 2.36. The molecule has 1 unspecified atom stereocenters. The van der Waals surface area contributed by atoms with E-state index in [1.165, 1.54) is 4.70 Å². The fraction of sp³-hybridized carbons (Fsp3) is 0.222. The van der Waals surface area contributed by atoms with Crippen LogP contribution in [0.15, 0.2) is 45.5 Å². The molecule has 1 aliphatic heterocycles. The van der Waals surface area contributed by atoms with Crippen molar-refractivity contribution in [2.24, 2.45) is 0 Å². The highest BCUT2D eigenvalue weighted by Crippen LogP contribution is 2.48. The van der Waals surface area contributed by atoms with Crippen molar-refractivity contribution in [2.45, 2.75) is 19.8 Å². The molecule has 1 atom stereocenters. The van der Waals surface area contributed by atoms with Crippen molar-refractivity contribution < 1.29 is 9.53 Å². The maximum atomic E-state index is 12.7. The molecule has 4 rings (SSSR count). The van der Waals surface area contributed by atoms with Gasteiger partial charge in [-0.25, -0.2) is 4.79 Å². The maximum Gasteiger partial charge on any atom is 0.336 e. The fourth-order valence-corrected chi connectivity index (χ4v) is 5.26. The summed E-state index contributed by atoms with van der Waals surface area (Å²) in [6.07, 6.45) is 1.78. The number of benzene rings is 1. The number of carbonyl (C=O) groups is 1. The van der Waals surface area contributed by atoms with E-state index < -0.39 is 0 Å². The van der Waals surface area contributed by atoms with Gasteiger partial charge in [-0.1, -0.05) is 18.2 Å². The van der Waals surface area contributed by atoms with Crippen molar-refractivity contribution in [1.82, 2.24) is 10.2 Å². The van der Waals surface area contributed by atoms with Gasteiger partial charge < -0.3 is 10.1 Å². The van der Waals surface area contributed by atoms with Crippen LogP contribution in [0, 0.1) is 0 Å². The first-order valence-electron chi connectivity index (χ1n) is 7.97. The van der Waals surface area contributed by atoms with Gasteiger partial charge in [0, 0.05) is 16.0 Å². The second kappa shape index (κ2) is 6.31. The number of hydrogen-bond acceptors (Lipinski definition) is 5. The lowest BCUT2D eigenvalue weighted by atomic mass is 9.82. The number of allylic oxidation sites excluding steroid dienone is 1. The zero-order chi connectivity index (χ0) is 17.6. The lowest BCUT2D eigenvalue weighted by Crippen LogP contribution is -2.24. The van der Waals surface area contributed by atoms with E-state index in [1.807, 2.05) is 26.0 Å². The molecule has 0 saturated heterocycles. The molecule has 2 aromatic heterocycles. The molecule has 1 aromatic carbocycles. The molecule has 0 bridgehead atoms. The van der Waals surface area contributed by atoms with Gasteiger partial charge in [0.1, 0.15) is 5.82 Å². The Balaban J connectivity index is 1.99. The number of fused-ring (bicyclic) bond motifs is 2. The molecule has 3 aromatic rings. The number of halogens is 1. The van der Waals surface area contributed by atoms with Crippen LogP contribution >= 0.6 is 27.3 Å². The Bertz CT molecular complexity index is 1000. The highest BCUT2D eigenvalue weighted by molar-refractivity contribution is 9.11. The predicted octanol–water partition coefficient (Wildman–Crippen LogP) is 4.78. The van der Waals surface area contributed by atoms with Crippen LogP contribution in [-0.4, -0.2) is 22.8 Å². The molecule has 3 heterocycles. The van der Waals surface area contributed by atoms with Crippen LogP contribution in [0.1, 0.15) is 30.9 Å². The van der Waals surface area contributed by atoms with Crippen molar-refractivity contribution in [2.75, 3.05) is 11.9 Å². The molecule has 0 fully saturated rings. The van der Waals surface area contributed by atoms with E-state index in [2.05, 4.69) is 43.6 Å². The van der Waals surface area contributed by atoms with Gasteiger partial charge in [0.25, 0.3) is 0 Å². The van der Waals surface area contributed by atoms with Crippen LogP contribution < -0.4 is 5.32 Å². The van der Waals surface area contributed by atoms with E-state index in [0.29, 0.717) is 12.2 Å². The van der Waals surface area contributed by atoms with Crippen LogP contribution in [-0.2, 0) is 9.53 Å². The minimum absolute atomic E-state index is 0.237. The number of esters is 1. The second-order valence-electron chi connectivity index (χ2n) is 5.80. The van der Waals surface area contributed by atoms with E-state index in [1.54, 1.807) is 17.5 Å². The molecule has 25 heavy (non-hydrogen) atoms. The lowest BCUT2D eigenvalue weighted by molar-refractivity contribution is -0.138. The largest absolute Gasteiger partial charge is 0.463 e. The third-order valence-electron chi connectivity index (χ3n) is 4.36. The molecule has 0 spiro atoms. The summed E-state index contributed by atoms with van der Waals surface area (Å²) < 4.78 is 7.54. The van der Waals surface area contributed by atoms with Gasteiger partial charge in [-0.3, -0.25) is 5.10 Å². The molecular formula is C18H16BrN3O2S. The summed E-state index contributed by atoms with van der Waals surface area (Å²) in [5.41, 5.74) is 3.42. The van der Waals surface area contributed by atoms with Gasteiger partial charge in [-0.05, 0) is 46.8 Å². The van der Waals surface area contributed by atoms with Crippen molar-refractivity contribution in [3.8, 4) is 0 Å². The molecule has 0 saturated carbocycles. The lowest BCUT2D eigenvalue weighted by Gasteiger charge is -2.27. The standard InChI is InChI=1S/C18H16BrN3O2S/c1-3-24-18(23)13-9(2)21-17-11(8-20-22-17)14(13)15-10-6-4-5-7-12(10)25-16(15)19/h4-8,14H,3H2,1-2H3,(H2,20,21,22). The average Bonchev–Trinajstić information content (AvgIpc) is 3.16. The Morgan fingerprint density at radius 2 is 2.20 bits per heavy atom. The van der Waals surface area contributed by atoms with Crippen molar-refractivity contribution in [3.05, 3.63) is 56.6 Å². The molecule has 2 N–H and O–H groups in total. The number of nitrogens with one attached hydrogen (secondary N) is 2. The second-order valence-corrected chi connectivity index (χ2v) is 8.17. The van der Waals surface area contributed by atoms with Crippen molar-refractivity contribution >= 4 is 49.1 Å². The minimum atomic E-state index is -0.300. The SMILES string of the molecule is CCOC(=O)C1=C(C)Nc2[nH]ncc2C1c1c(Br)sc2ccccc12. The van der Waals surface area contributed by atoms with E-state index in [9.17, 15) is 4.79 Å². The summed E-state index contributed by atoms with van der Waals surface area (Å²) in [7, 11) is 0. The van der Waals surface area contributed by atoms with Crippen LogP contribution in [0.25, 0.3) is 10.1 Å². The number of hydrogen-bond donors (Lipinski definition) is 2. The van der Waals surface area contributed by atoms with Crippen LogP contribution in [0.5, 0.6) is 0 Å². The molecule has 7 heteroatoms. The topological polar surface area (TPSA) is 67.0 Å². The van der Waals surface area contributed by atoms with Crippen LogP contribution in [0.3, 0.4) is 0 Å². The molecule has 1 aliphatic rings. The number of aromatic nitrogens is 2. The number of ether oxygens (including phenoxy) is 1. The van der Waals surface area contributed by atoms with E-state index in [0.717, 1.165) is 31.8 Å². The zero-order valence-corrected chi connectivity index (χ0v) is 16.1. The predicted molar refractivity (Wildman–Crippen MR) is 103 cm³/mol. The quantitative estimate of drug-likeness (QED) is 0.601. The summed E-state index contributed by atoms with van der Waals surface area (Å²) in [5.74, 6) is 0.281. The molecule has 0 amide bonds. The summed E-state index contributed by atoms with van der Waals surface area (Å²) in [5, 5.41) is 11.5. The highest BCUT2D eigenvalue weighted by atomic mass is 79.9. The Morgan fingerprint density at radius 1 is 1.40 bits per heavy atom. The Kier molecular flexibility index (Phi) is 4.13. The Morgan fingerprint density at radius 3 is 3.00 bits per heavy atom. The maximum absolute atomic E-state index is 12.7. The number of anilines is 1. The Labute approximate surface area is 157 Å². The van der Waals surface area contributed by atoms with E-state index >= 15 is 0 Å². The number of rotatable bonds is 3. The van der Waals surface area contributed by atoms with Gasteiger partial charge in [-0.15, -0.1) is 11.3 Å². The van der Waals surface area contributed by atoms with Crippen molar-refractivity contribution in [3.63, 3.8) is 0 Å². The van der Waals surface area contributed by atoms with E-state index in [-0.39, 0.29) is 11.9 Å². The smallest absolute Gasteiger partial charge is 0.336 e. The molecule has 128 valence electrons. The van der Waals surface area contributed by atoms with Gasteiger partial charge in [0.15, 0.2) is 0 Å². The summed E-state index contributed by atoms with van der Waals surface area (Å²) in [6, 6.07) is 8.22. The average molecular weight is 418 g/mol. The normalized spacial score (nSPS) is 16.7. The number of aromatic amines is 1. The monoisotopic (exact) mass is 417 g/mol. The summed E-state index contributed by atoms with van der Waals surface area (Å²) >= 11 is 5.38. The minimum Gasteiger partial charge on any atom is -0.463 e. The summed E-state index contributed by atoms with van der Waals surface area (Å²) in [4.78, 5) is 12.7. The third-order valence-corrected chi connectivity index (χ3v) is 6.25. The molecule has 0 aliphatic carbocycles. The number of carbonyl (C=O) groups excluding carboxylic acids is 1. The number of thiophene rings is 1. The van der Waals surface area contributed by atoms with Gasteiger partial charge in [0.2, 0.25) is 0 Å². The van der Waals surface area contributed by atoms with Crippen molar-refractivity contribution in [1.29, 1.82) is 0 Å².